The van der Waals surface area contributed by atoms with Crippen LogP contribution in [0.1, 0.15) is 12.7 Å². The van der Waals surface area contributed by atoms with E-state index in [0.717, 1.165) is 5.76 Å². The number of aliphatic imine (C=N–C) groups is 1. The van der Waals surface area contributed by atoms with Crippen LogP contribution >= 0.6 is 24.0 Å². The molecular weight excluding hydrogens is 502 g/mol. The van der Waals surface area contributed by atoms with Crippen molar-refractivity contribution in [2.75, 3.05) is 53.4 Å². The molecule has 1 N–H and O–H groups in total. The first-order valence-electron chi connectivity index (χ1n) is 9.25. The number of carbonyl (C=O) groups is 1. The zero-order valence-corrected chi connectivity index (χ0v) is 19.2. The Morgan fingerprint density at radius 3 is 2.48 bits per heavy atom. The summed E-state index contributed by atoms with van der Waals surface area (Å²) >= 11 is 0. The fraction of sp³-hybridized carbons (Fsp3) is 0.667. The molecule has 1 aliphatic rings. The number of rotatable bonds is 6. The Kier molecular flexibility index (Phi) is 10.2. The number of hydrogen-bond acceptors (Lipinski definition) is 4. The third kappa shape index (κ3) is 8.03. The summed E-state index contributed by atoms with van der Waals surface area (Å²) in [6.45, 7) is 3.08. The maximum Gasteiger partial charge on any atom is 0.403 e. The van der Waals surface area contributed by atoms with Gasteiger partial charge in [-0.05, 0) is 19.1 Å². The maximum absolute atomic E-state index is 12.9. The van der Waals surface area contributed by atoms with Gasteiger partial charge in [0, 0.05) is 53.2 Å². The minimum Gasteiger partial charge on any atom is -0.469 e. The Morgan fingerprint density at radius 2 is 1.97 bits per heavy atom. The lowest BCUT2D eigenvalue weighted by Gasteiger charge is -2.39. The Hall–Kier alpha value is -1.50. The number of carbonyl (C=O) groups excluding carboxylic acids is 1. The molecule has 1 aromatic heterocycles. The Balaban J connectivity index is 0.00000420. The number of halogens is 4. The molecule has 0 radical (unpaired) electrons. The fourth-order valence-electron chi connectivity index (χ4n) is 2.83. The number of amides is 1. The smallest absolute Gasteiger partial charge is 0.403 e. The van der Waals surface area contributed by atoms with Crippen molar-refractivity contribution in [3.05, 3.63) is 24.2 Å². The van der Waals surface area contributed by atoms with E-state index < -0.39 is 12.2 Å². The third-order valence-electron chi connectivity index (χ3n) is 4.73. The quantitative estimate of drug-likeness (QED) is 0.346. The lowest BCUT2D eigenvalue weighted by molar-refractivity contribution is -0.181. The topological polar surface area (TPSA) is 64.3 Å². The van der Waals surface area contributed by atoms with Crippen LogP contribution < -0.4 is 5.32 Å². The number of nitrogens with one attached hydrogen (secondary N) is 1. The Labute approximate surface area is 186 Å². The number of furan rings is 1. The second kappa shape index (κ2) is 11.6. The molecule has 1 aliphatic heterocycles. The van der Waals surface area contributed by atoms with Gasteiger partial charge in [0.05, 0.1) is 6.26 Å². The summed E-state index contributed by atoms with van der Waals surface area (Å²) < 4.78 is 44.1. The van der Waals surface area contributed by atoms with Gasteiger partial charge in [-0.2, -0.15) is 13.2 Å². The Morgan fingerprint density at radius 1 is 1.31 bits per heavy atom. The Bertz CT molecular complexity index is 644. The van der Waals surface area contributed by atoms with E-state index in [1.165, 1.54) is 16.7 Å². The van der Waals surface area contributed by atoms with E-state index in [1.54, 1.807) is 26.4 Å². The van der Waals surface area contributed by atoms with Crippen molar-refractivity contribution in [1.82, 2.24) is 20.0 Å². The minimum atomic E-state index is -4.24. The van der Waals surface area contributed by atoms with Gasteiger partial charge in [-0.25, -0.2) is 4.99 Å². The molecular formula is C18H29F3IN5O2. The zero-order valence-electron chi connectivity index (χ0n) is 16.9. The summed E-state index contributed by atoms with van der Waals surface area (Å²) in [6, 6.07) is 2.20. The SMILES string of the molecule is CC(N1CCN(C(=NCC(=O)N(C)C)NCCc2ccco2)CC1)C(F)(F)F.I. The van der Waals surface area contributed by atoms with Crippen LogP contribution in [0.2, 0.25) is 0 Å². The van der Waals surface area contributed by atoms with Gasteiger partial charge < -0.3 is 19.5 Å². The molecule has 1 amide bonds. The van der Waals surface area contributed by atoms with Gasteiger partial charge in [-0.15, -0.1) is 24.0 Å². The molecule has 2 rings (SSSR count). The van der Waals surface area contributed by atoms with Gasteiger partial charge in [0.15, 0.2) is 5.96 Å². The number of likely N-dealkylation sites (N-methyl/N-ethyl adjacent to an activating group) is 1. The van der Waals surface area contributed by atoms with E-state index in [1.807, 2.05) is 11.0 Å². The van der Waals surface area contributed by atoms with Crippen LogP contribution in [0, 0.1) is 0 Å². The van der Waals surface area contributed by atoms with Crippen molar-refractivity contribution < 1.29 is 22.4 Å². The fourth-order valence-corrected chi connectivity index (χ4v) is 2.83. The third-order valence-corrected chi connectivity index (χ3v) is 4.73. The molecule has 1 aromatic rings. The molecule has 0 saturated carbocycles. The van der Waals surface area contributed by atoms with Gasteiger partial charge in [0.2, 0.25) is 5.91 Å². The highest BCUT2D eigenvalue weighted by Gasteiger charge is 2.41. The number of piperazine rings is 1. The van der Waals surface area contributed by atoms with Gasteiger partial charge in [-0.1, -0.05) is 0 Å². The number of nitrogens with zero attached hydrogens (tertiary/aromatic N) is 4. The van der Waals surface area contributed by atoms with Crippen LogP contribution in [0.15, 0.2) is 27.8 Å². The summed E-state index contributed by atoms with van der Waals surface area (Å²) in [5.74, 6) is 1.20. The highest BCUT2D eigenvalue weighted by molar-refractivity contribution is 14.0. The van der Waals surface area contributed by atoms with Crippen molar-refractivity contribution >= 4 is 35.8 Å². The monoisotopic (exact) mass is 531 g/mol. The van der Waals surface area contributed by atoms with Gasteiger partial charge in [-0.3, -0.25) is 9.69 Å². The van der Waals surface area contributed by atoms with E-state index in [-0.39, 0.29) is 49.5 Å². The summed E-state index contributed by atoms with van der Waals surface area (Å²) in [4.78, 5) is 21.0. The lowest BCUT2D eigenvalue weighted by Crippen LogP contribution is -2.57. The molecule has 1 fully saturated rings. The first-order valence-corrected chi connectivity index (χ1v) is 9.25. The van der Waals surface area contributed by atoms with Crippen LogP contribution in [0.25, 0.3) is 0 Å². The highest BCUT2D eigenvalue weighted by Crippen LogP contribution is 2.25. The second-order valence-electron chi connectivity index (χ2n) is 6.92. The molecule has 1 unspecified atom stereocenters. The molecule has 0 aliphatic carbocycles. The summed E-state index contributed by atoms with van der Waals surface area (Å²) in [7, 11) is 3.30. The van der Waals surface area contributed by atoms with Crippen molar-refractivity contribution in [3.63, 3.8) is 0 Å². The largest absolute Gasteiger partial charge is 0.469 e. The number of hydrogen-bond donors (Lipinski definition) is 1. The van der Waals surface area contributed by atoms with Crippen molar-refractivity contribution in [3.8, 4) is 0 Å². The average molecular weight is 531 g/mol. The molecule has 2 heterocycles. The predicted octanol–water partition coefficient (Wildman–Crippen LogP) is 2.04. The van der Waals surface area contributed by atoms with Crippen LogP contribution in [0.5, 0.6) is 0 Å². The van der Waals surface area contributed by atoms with E-state index in [9.17, 15) is 18.0 Å². The lowest BCUT2D eigenvalue weighted by atomic mass is 10.2. The van der Waals surface area contributed by atoms with Crippen molar-refractivity contribution in [1.29, 1.82) is 0 Å². The number of guanidine groups is 1. The molecule has 29 heavy (non-hydrogen) atoms. The van der Waals surface area contributed by atoms with E-state index >= 15 is 0 Å². The normalized spacial score (nSPS) is 16.9. The minimum absolute atomic E-state index is 0. The first kappa shape index (κ1) is 25.5. The first-order chi connectivity index (χ1) is 13.2. The average Bonchev–Trinajstić information content (AvgIpc) is 3.16. The standard InChI is InChI=1S/C18H28F3N5O2.HI/c1-14(18(19,20)21)25-8-10-26(11-9-25)17(23-13-16(27)24(2)3)22-7-6-15-5-4-12-28-15;/h4-5,12,14H,6-11,13H2,1-3H3,(H,22,23);1H. The van der Waals surface area contributed by atoms with Crippen molar-refractivity contribution in [2.45, 2.75) is 25.6 Å². The van der Waals surface area contributed by atoms with Crippen LogP contribution in [0.4, 0.5) is 13.2 Å². The van der Waals surface area contributed by atoms with Crippen LogP contribution in [-0.2, 0) is 11.2 Å². The van der Waals surface area contributed by atoms with Crippen LogP contribution in [0.3, 0.4) is 0 Å². The molecule has 1 atom stereocenters. The molecule has 166 valence electrons. The predicted molar refractivity (Wildman–Crippen MR) is 115 cm³/mol. The van der Waals surface area contributed by atoms with Crippen LogP contribution in [-0.4, -0.2) is 92.1 Å². The molecule has 0 aromatic carbocycles. The second-order valence-corrected chi connectivity index (χ2v) is 6.92. The van der Waals surface area contributed by atoms with E-state index in [4.69, 9.17) is 4.42 Å². The molecule has 0 spiro atoms. The molecule has 1 saturated heterocycles. The molecule has 0 bridgehead atoms. The van der Waals surface area contributed by atoms with Gasteiger partial charge in [0.1, 0.15) is 18.3 Å². The van der Waals surface area contributed by atoms with E-state index in [0.29, 0.717) is 32.0 Å². The highest BCUT2D eigenvalue weighted by atomic mass is 127. The van der Waals surface area contributed by atoms with Gasteiger partial charge >= 0.3 is 6.18 Å². The molecule has 7 nitrogen and oxygen atoms in total. The number of alkyl halides is 3. The van der Waals surface area contributed by atoms with Gasteiger partial charge in [0.25, 0.3) is 0 Å². The molecule has 11 heteroatoms. The van der Waals surface area contributed by atoms with Crippen molar-refractivity contribution in [2.24, 2.45) is 4.99 Å². The maximum atomic E-state index is 12.9. The summed E-state index contributed by atoms with van der Waals surface area (Å²) in [5.41, 5.74) is 0. The van der Waals surface area contributed by atoms with E-state index in [2.05, 4.69) is 10.3 Å². The summed E-state index contributed by atoms with van der Waals surface area (Å²) in [6.07, 6.45) is -2.00. The zero-order chi connectivity index (χ0) is 20.7. The summed E-state index contributed by atoms with van der Waals surface area (Å²) in [5, 5.41) is 3.20.